The topological polar surface area (TPSA) is 55.1 Å². The first-order chi connectivity index (χ1) is 8.51. The van der Waals surface area contributed by atoms with Crippen molar-refractivity contribution in [1.82, 2.24) is 0 Å². The van der Waals surface area contributed by atoms with Gasteiger partial charge in [-0.2, -0.15) is 0 Å². The lowest BCUT2D eigenvalue weighted by Gasteiger charge is -2.18. The van der Waals surface area contributed by atoms with Crippen molar-refractivity contribution in [2.75, 3.05) is 5.32 Å². The van der Waals surface area contributed by atoms with Crippen LogP contribution in [0.15, 0.2) is 12.1 Å². The van der Waals surface area contributed by atoms with Crippen LogP contribution in [0.1, 0.15) is 43.9 Å². The first-order valence-electron chi connectivity index (χ1n) is 6.39. The molecule has 1 amide bonds. The molecule has 3 nitrogen and oxygen atoms in total. The molecule has 0 bridgehead atoms. The Labute approximate surface area is 113 Å². The third kappa shape index (κ3) is 2.68. The summed E-state index contributed by atoms with van der Waals surface area (Å²) in [5, 5.41) is 3.44. The number of nitrogens with two attached hydrogens (primary N) is 1. The van der Waals surface area contributed by atoms with Gasteiger partial charge in [-0.3, -0.25) is 4.79 Å². The van der Waals surface area contributed by atoms with Crippen LogP contribution >= 0.6 is 11.6 Å². The van der Waals surface area contributed by atoms with E-state index in [1.54, 1.807) is 0 Å². The lowest BCUT2D eigenvalue weighted by molar-refractivity contribution is -0.115. The number of anilines is 1. The summed E-state index contributed by atoms with van der Waals surface area (Å²) in [6.07, 6.45) is 2.45. The molecule has 4 heteroatoms. The van der Waals surface area contributed by atoms with Crippen molar-refractivity contribution in [2.45, 2.75) is 39.2 Å². The van der Waals surface area contributed by atoms with Crippen LogP contribution in [-0.4, -0.2) is 5.91 Å². The van der Waals surface area contributed by atoms with E-state index in [1.165, 1.54) is 0 Å². The molecule has 0 saturated heterocycles. The standard InChI is InChI=1S/C14H19ClN2O/c1-3-8(2)4-12(16)10-5-9-6-14(18)17-13(9)7-11(10)15/h5,7-8,12H,3-4,6,16H2,1-2H3,(H,17,18). The maximum absolute atomic E-state index is 11.3. The molecular weight excluding hydrogens is 248 g/mol. The van der Waals surface area contributed by atoms with E-state index < -0.39 is 0 Å². The van der Waals surface area contributed by atoms with Crippen LogP contribution in [-0.2, 0) is 11.2 Å². The van der Waals surface area contributed by atoms with Gasteiger partial charge in [0.1, 0.15) is 0 Å². The summed E-state index contributed by atoms with van der Waals surface area (Å²) in [5.74, 6) is 0.595. The third-order valence-electron chi connectivity index (χ3n) is 3.60. The van der Waals surface area contributed by atoms with Gasteiger partial charge in [0.2, 0.25) is 5.91 Å². The summed E-state index contributed by atoms with van der Waals surface area (Å²) in [6, 6.07) is 3.73. The van der Waals surface area contributed by atoms with Crippen molar-refractivity contribution in [3.05, 3.63) is 28.3 Å². The fourth-order valence-electron chi connectivity index (χ4n) is 2.28. The quantitative estimate of drug-likeness (QED) is 0.879. The van der Waals surface area contributed by atoms with Crippen molar-refractivity contribution in [1.29, 1.82) is 0 Å². The van der Waals surface area contributed by atoms with Crippen molar-refractivity contribution in [2.24, 2.45) is 11.7 Å². The fourth-order valence-corrected chi connectivity index (χ4v) is 2.58. The largest absolute Gasteiger partial charge is 0.325 e. The van der Waals surface area contributed by atoms with Gasteiger partial charge in [0.25, 0.3) is 0 Å². The van der Waals surface area contributed by atoms with Crippen LogP contribution in [0.25, 0.3) is 0 Å². The second-order valence-corrected chi connectivity index (χ2v) is 5.52. The van der Waals surface area contributed by atoms with Crippen molar-refractivity contribution >= 4 is 23.2 Å². The molecular formula is C14H19ClN2O. The summed E-state index contributed by atoms with van der Waals surface area (Å²) < 4.78 is 0. The van der Waals surface area contributed by atoms with Gasteiger partial charge in [0.05, 0.1) is 6.42 Å². The highest BCUT2D eigenvalue weighted by Crippen LogP contribution is 2.34. The van der Waals surface area contributed by atoms with Gasteiger partial charge in [-0.25, -0.2) is 0 Å². The zero-order chi connectivity index (χ0) is 13.3. The van der Waals surface area contributed by atoms with Crippen molar-refractivity contribution in [3.8, 4) is 0 Å². The van der Waals surface area contributed by atoms with Gasteiger partial charge in [0, 0.05) is 16.8 Å². The van der Waals surface area contributed by atoms with Crippen LogP contribution in [0.3, 0.4) is 0 Å². The maximum atomic E-state index is 11.3. The summed E-state index contributed by atoms with van der Waals surface area (Å²) in [7, 11) is 0. The molecule has 1 aromatic rings. The molecule has 18 heavy (non-hydrogen) atoms. The van der Waals surface area contributed by atoms with Crippen LogP contribution in [0, 0.1) is 5.92 Å². The summed E-state index contributed by atoms with van der Waals surface area (Å²) in [5.41, 5.74) is 8.99. The summed E-state index contributed by atoms with van der Waals surface area (Å²) in [4.78, 5) is 11.3. The van der Waals surface area contributed by atoms with E-state index in [9.17, 15) is 4.79 Å². The van der Waals surface area contributed by atoms with Crippen LogP contribution in [0.4, 0.5) is 5.69 Å². The number of rotatable bonds is 4. The van der Waals surface area contributed by atoms with E-state index in [-0.39, 0.29) is 11.9 Å². The molecule has 2 unspecified atom stereocenters. The molecule has 98 valence electrons. The Morgan fingerprint density at radius 1 is 1.50 bits per heavy atom. The smallest absolute Gasteiger partial charge is 0.228 e. The highest BCUT2D eigenvalue weighted by molar-refractivity contribution is 6.32. The molecule has 3 N–H and O–H groups in total. The van der Waals surface area contributed by atoms with Gasteiger partial charge >= 0.3 is 0 Å². The Morgan fingerprint density at radius 2 is 2.22 bits per heavy atom. The van der Waals surface area contributed by atoms with Gasteiger partial charge in [0.15, 0.2) is 0 Å². The predicted molar refractivity (Wildman–Crippen MR) is 74.8 cm³/mol. The van der Waals surface area contributed by atoms with E-state index in [4.69, 9.17) is 17.3 Å². The average Bonchev–Trinajstić information content (AvgIpc) is 2.66. The zero-order valence-corrected chi connectivity index (χ0v) is 11.6. The van der Waals surface area contributed by atoms with Crippen LogP contribution in [0.2, 0.25) is 5.02 Å². The molecule has 1 heterocycles. The summed E-state index contributed by atoms with van der Waals surface area (Å²) in [6.45, 7) is 4.34. The van der Waals surface area contributed by atoms with Gasteiger partial charge in [-0.05, 0) is 29.5 Å². The van der Waals surface area contributed by atoms with E-state index in [1.807, 2.05) is 12.1 Å². The lowest BCUT2D eigenvalue weighted by atomic mass is 9.93. The molecule has 0 aliphatic carbocycles. The minimum absolute atomic E-state index is 0.0220. The highest BCUT2D eigenvalue weighted by atomic mass is 35.5. The molecule has 0 aromatic heterocycles. The van der Waals surface area contributed by atoms with Crippen LogP contribution in [0.5, 0.6) is 0 Å². The molecule has 1 aliphatic heterocycles. The Balaban J connectivity index is 2.24. The average molecular weight is 267 g/mol. The zero-order valence-electron chi connectivity index (χ0n) is 10.8. The van der Waals surface area contributed by atoms with E-state index in [2.05, 4.69) is 19.2 Å². The Bertz CT molecular complexity index is 473. The number of carbonyl (C=O) groups excluding carboxylic acids is 1. The fraction of sp³-hybridized carbons (Fsp3) is 0.500. The van der Waals surface area contributed by atoms with Gasteiger partial charge in [-0.15, -0.1) is 0 Å². The van der Waals surface area contributed by atoms with E-state index in [0.717, 1.165) is 29.7 Å². The molecule has 2 rings (SSSR count). The number of carbonyl (C=O) groups is 1. The van der Waals surface area contributed by atoms with Crippen molar-refractivity contribution < 1.29 is 4.79 Å². The lowest BCUT2D eigenvalue weighted by Crippen LogP contribution is -2.14. The molecule has 0 radical (unpaired) electrons. The third-order valence-corrected chi connectivity index (χ3v) is 3.93. The molecule has 1 aromatic carbocycles. The van der Waals surface area contributed by atoms with Gasteiger partial charge in [-0.1, -0.05) is 37.9 Å². The van der Waals surface area contributed by atoms with Crippen molar-refractivity contribution in [3.63, 3.8) is 0 Å². The number of nitrogens with one attached hydrogen (secondary N) is 1. The number of hydrogen-bond acceptors (Lipinski definition) is 2. The molecule has 1 aliphatic rings. The number of halogens is 1. The number of amides is 1. The molecule has 0 spiro atoms. The minimum atomic E-state index is -0.0616. The monoisotopic (exact) mass is 266 g/mol. The van der Waals surface area contributed by atoms with Crippen LogP contribution < -0.4 is 11.1 Å². The number of hydrogen-bond donors (Lipinski definition) is 2. The SMILES string of the molecule is CCC(C)CC(N)c1cc2c(cc1Cl)NC(=O)C2. The number of benzene rings is 1. The van der Waals surface area contributed by atoms with E-state index in [0.29, 0.717) is 17.4 Å². The Hall–Kier alpha value is -1.06. The highest BCUT2D eigenvalue weighted by Gasteiger charge is 2.22. The minimum Gasteiger partial charge on any atom is -0.325 e. The second kappa shape index (κ2) is 5.29. The van der Waals surface area contributed by atoms with E-state index >= 15 is 0 Å². The Morgan fingerprint density at radius 3 is 2.89 bits per heavy atom. The predicted octanol–water partition coefficient (Wildman–Crippen LogP) is 3.27. The first-order valence-corrected chi connectivity index (χ1v) is 6.76. The molecule has 0 fully saturated rings. The Kier molecular flexibility index (Phi) is 3.93. The normalized spacial score (nSPS) is 17.2. The summed E-state index contributed by atoms with van der Waals surface area (Å²) >= 11 is 6.25. The molecule has 0 saturated carbocycles. The maximum Gasteiger partial charge on any atom is 0.228 e. The first kappa shape index (κ1) is 13.4. The van der Waals surface area contributed by atoms with Gasteiger partial charge < -0.3 is 11.1 Å². The second-order valence-electron chi connectivity index (χ2n) is 5.11. The molecule has 2 atom stereocenters. The number of fused-ring (bicyclic) bond motifs is 1.